The third-order valence-electron chi connectivity index (χ3n) is 6.93. The van der Waals surface area contributed by atoms with Crippen molar-refractivity contribution in [2.24, 2.45) is 0 Å². The summed E-state index contributed by atoms with van der Waals surface area (Å²) in [6.07, 6.45) is -3.76. The van der Waals surface area contributed by atoms with E-state index in [2.05, 4.69) is 20.8 Å². The second-order valence-electron chi connectivity index (χ2n) is 9.49. The first kappa shape index (κ1) is 27.9. The van der Waals surface area contributed by atoms with Gasteiger partial charge in [0.15, 0.2) is 6.04 Å². The summed E-state index contributed by atoms with van der Waals surface area (Å²) in [7, 11) is 1.46. The molecule has 2 aromatic carbocycles. The molecule has 0 aliphatic carbocycles. The van der Waals surface area contributed by atoms with Crippen molar-refractivity contribution in [1.82, 2.24) is 19.6 Å². The van der Waals surface area contributed by atoms with Crippen LogP contribution in [0.1, 0.15) is 51.4 Å². The smallest absolute Gasteiger partial charge is 0.410 e. The molecule has 2 N–H and O–H groups in total. The number of nitrogens with one attached hydrogen (secondary N) is 2. The molecule has 40 heavy (non-hydrogen) atoms. The van der Waals surface area contributed by atoms with Crippen molar-refractivity contribution in [2.45, 2.75) is 45.1 Å². The summed E-state index contributed by atoms with van der Waals surface area (Å²) in [5, 5.41) is 15.2. The summed E-state index contributed by atoms with van der Waals surface area (Å²) < 4.78 is 50.3. The van der Waals surface area contributed by atoms with Gasteiger partial charge in [0.2, 0.25) is 0 Å². The van der Waals surface area contributed by atoms with Crippen LogP contribution >= 0.6 is 23.2 Å². The molecule has 5 rings (SSSR count). The van der Waals surface area contributed by atoms with Crippen molar-refractivity contribution in [3.05, 3.63) is 86.8 Å². The lowest BCUT2D eigenvalue weighted by atomic mass is 9.95. The minimum Gasteiger partial charge on any atom is -0.496 e. The number of aromatic nitrogens is 4. The largest absolute Gasteiger partial charge is 0.496 e. The fraction of sp³-hybridized carbons (Fsp3) is 0.296. The molecule has 0 saturated carbocycles. The van der Waals surface area contributed by atoms with Crippen molar-refractivity contribution >= 4 is 40.6 Å². The molecular formula is C27H25Cl2F3N6O2. The van der Waals surface area contributed by atoms with Crippen molar-refractivity contribution in [1.29, 1.82) is 0 Å². The first-order chi connectivity index (χ1) is 19.0. The van der Waals surface area contributed by atoms with Gasteiger partial charge in [-0.3, -0.25) is 9.48 Å². The zero-order valence-corrected chi connectivity index (χ0v) is 23.2. The van der Waals surface area contributed by atoms with Crippen LogP contribution < -0.4 is 15.4 Å². The average molecular weight is 593 g/mol. The molecule has 2 aromatic heterocycles. The molecule has 1 aliphatic heterocycles. The molecule has 0 spiro atoms. The molecule has 0 fully saturated rings. The van der Waals surface area contributed by atoms with Crippen LogP contribution in [0.25, 0.3) is 0 Å². The second kappa shape index (κ2) is 10.7. The van der Waals surface area contributed by atoms with Gasteiger partial charge >= 0.3 is 6.18 Å². The number of aryl methyl sites for hydroxylation is 1. The Kier molecular flexibility index (Phi) is 7.45. The Morgan fingerprint density at radius 1 is 1.18 bits per heavy atom. The number of hydrogen-bond donors (Lipinski definition) is 2. The molecule has 210 valence electrons. The maximum Gasteiger partial charge on any atom is 0.410 e. The van der Waals surface area contributed by atoms with E-state index >= 15 is 0 Å². The minimum atomic E-state index is -4.59. The van der Waals surface area contributed by atoms with Crippen molar-refractivity contribution in [3.63, 3.8) is 0 Å². The van der Waals surface area contributed by atoms with E-state index in [1.54, 1.807) is 54.9 Å². The topological polar surface area (TPSA) is 86.0 Å². The van der Waals surface area contributed by atoms with E-state index < -0.39 is 24.2 Å². The maximum atomic E-state index is 14.1. The van der Waals surface area contributed by atoms with Crippen LogP contribution in [-0.4, -0.2) is 38.8 Å². The zero-order chi connectivity index (χ0) is 28.8. The van der Waals surface area contributed by atoms with E-state index in [0.29, 0.717) is 45.0 Å². The third kappa shape index (κ3) is 5.23. The Morgan fingerprint density at radius 3 is 2.62 bits per heavy atom. The molecule has 4 aromatic rings. The van der Waals surface area contributed by atoms with E-state index in [1.807, 2.05) is 6.07 Å². The fourth-order valence-electron chi connectivity index (χ4n) is 4.91. The third-order valence-corrected chi connectivity index (χ3v) is 7.67. The zero-order valence-electron chi connectivity index (χ0n) is 21.7. The molecule has 13 heteroatoms. The van der Waals surface area contributed by atoms with Gasteiger partial charge in [0.25, 0.3) is 5.91 Å². The Bertz CT molecular complexity index is 1580. The van der Waals surface area contributed by atoms with Crippen molar-refractivity contribution in [2.75, 3.05) is 17.7 Å². The molecule has 2 atom stereocenters. The standard InChI is InChI=1S/C27H25Cl2F3N6O2/c1-14-24(15(2)37(36-14)13-16-8-9-19(28)20(29)10-16)35-26(39)18-12-33-38-23(27(30,31)32)11-21(34-25(18)38)17-6-4-5-7-22(17)40-3/h4-10,12,21,23,34H,11,13H2,1-3H3,(H,35,39). The lowest BCUT2D eigenvalue weighted by Gasteiger charge is -2.34. The molecule has 0 saturated heterocycles. The lowest BCUT2D eigenvalue weighted by Crippen LogP contribution is -2.36. The number of rotatable bonds is 6. The Balaban J connectivity index is 1.45. The number of hydrogen-bond acceptors (Lipinski definition) is 5. The predicted molar refractivity (Wildman–Crippen MR) is 147 cm³/mol. The molecule has 8 nitrogen and oxygen atoms in total. The first-order valence-electron chi connectivity index (χ1n) is 12.3. The molecule has 0 radical (unpaired) electrons. The van der Waals surface area contributed by atoms with Crippen LogP contribution in [0, 0.1) is 13.8 Å². The minimum absolute atomic E-state index is 0.0233. The van der Waals surface area contributed by atoms with Gasteiger partial charge in [-0.05, 0) is 37.6 Å². The fourth-order valence-corrected chi connectivity index (χ4v) is 5.23. The average Bonchev–Trinajstić information content (AvgIpc) is 3.46. The number of benzene rings is 2. The van der Waals surface area contributed by atoms with Crippen LogP contribution in [-0.2, 0) is 6.54 Å². The van der Waals surface area contributed by atoms with Crippen molar-refractivity contribution in [3.8, 4) is 5.75 Å². The van der Waals surface area contributed by atoms with Gasteiger partial charge in [0.05, 0.1) is 53.0 Å². The highest BCUT2D eigenvalue weighted by Gasteiger charge is 2.47. The van der Waals surface area contributed by atoms with Gasteiger partial charge in [-0.1, -0.05) is 47.5 Å². The molecule has 2 unspecified atom stereocenters. The monoisotopic (exact) mass is 592 g/mol. The summed E-state index contributed by atoms with van der Waals surface area (Å²) in [5.41, 5.74) is 3.03. The van der Waals surface area contributed by atoms with E-state index in [9.17, 15) is 18.0 Å². The second-order valence-corrected chi connectivity index (χ2v) is 10.3. The van der Waals surface area contributed by atoms with Gasteiger partial charge in [-0.15, -0.1) is 0 Å². The van der Waals surface area contributed by atoms with E-state index in [-0.39, 0.29) is 17.8 Å². The lowest BCUT2D eigenvalue weighted by molar-refractivity contribution is -0.173. The highest BCUT2D eigenvalue weighted by molar-refractivity contribution is 6.42. The van der Waals surface area contributed by atoms with Crippen molar-refractivity contribution < 1.29 is 22.7 Å². The van der Waals surface area contributed by atoms with Crippen LogP contribution in [0.2, 0.25) is 10.0 Å². The van der Waals surface area contributed by atoms with Crippen LogP contribution in [0.4, 0.5) is 24.7 Å². The number of amides is 1. The summed E-state index contributed by atoms with van der Waals surface area (Å²) in [6, 6.07) is 9.39. The molecule has 3 heterocycles. The molecule has 1 aliphatic rings. The number of ether oxygens (including phenoxy) is 1. The number of carbonyl (C=O) groups is 1. The van der Waals surface area contributed by atoms with E-state index in [4.69, 9.17) is 27.9 Å². The summed E-state index contributed by atoms with van der Waals surface area (Å²) in [6.45, 7) is 3.89. The number of anilines is 2. The van der Waals surface area contributed by atoms with Gasteiger partial charge in [-0.2, -0.15) is 23.4 Å². The van der Waals surface area contributed by atoms with Crippen LogP contribution in [0.5, 0.6) is 5.75 Å². The first-order valence-corrected chi connectivity index (χ1v) is 13.1. The maximum absolute atomic E-state index is 14.1. The summed E-state index contributed by atoms with van der Waals surface area (Å²) in [5.74, 6) is -0.198. The number of carbonyl (C=O) groups excluding carboxylic acids is 1. The molecular weight excluding hydrogens is 568 g/mol. The Hall–Kier alpha value is -3.70. The molecule has 1 amide bonds. The quantitative estimate of drug-likeness (QED) is 0.252. The SMILES string of the molecule is COc1ccccc1C1CC(C(F)(F)F)n2ncc(C(=O)Nc3c(C)nn(Cc4ccc(Cl)c(Cl)c4)c3C)c2N1. The number of para-hydroxylation sites is 1. The summed E-state index contributed by atoms with van der Waals surface area (Å²) in [4.78, 5) is 13.4. The number of fused-ring (bicyclic) bond motifs is 1. The van der Waals surface area contributed by atoms with E-state index in [0.717, 1.165) is 16.4 Å². The predicted octanol–water partition coefficient (Wildman–Crippen LogP) is 6.97. The van der Waals surface area contributed by atoms with Gasteiger partial charge in [-0.25, -0.2) is 4.68 Å². The number of nitrogens with zero attached hydrogens (tertiary/aromatic N) is 4. The van der Waals surface area contributed by atoms with Gasteiger partial charge in [0, 0.05) is 12.0 Å². The van der Waals surface area contributed by atoms with Gasteiger partial charge in [0.1, 0.15) is 17.1 Å². The number of methoxy groups -OCH3 is 1. The van der Waals surface area contributed by atoms with Gasteiger partial charge < -0.3 is 15.4 Å². The highest BCUT2D eigenvalue weighted by atomic mass is 35.5. The number of halogens is 5. The van der Waals surface area contributed by atoms with Crippen LogP contribution in [0.15, 0.2) is 48.7 Å². The summed E-state index contributed by atoms with van der Waals surface area (Å²) >= 11 is 12.1. The van der Waals surface area contributed by atoms with Crippen LogP contribution in [0.3, 0.4) is 0 Å². The number of alkyl halides is 3. The Labute approximate surface area is 238 Å². The van der Waals surface area contributed by atoms with E-state index in [1.165, 1.54) is 7.11 Å². The Morgan fingerprint density at radius 2 is 1.93 bits per heavy atom. The molecule has 0 bridgehead atoms. The normalized spacial score (nSPS) is 16.8. The highest BCUT2D eigenvalue weighted by Crippen LogP contribution is 2.46.